The summed E-state index contributed by atoms with van der Waals surface area (Å²) in [6.45, 7) is 0. The van der Waals surface area contributed by atoms with Crippen molar-refractivity contribution < 1.29 is 0 Å². The van der Waals surface area contributed by atoms with Gasteiger partial charge in [0.25, 0.3) is 0 Å². The van der Waals surface area contributed by atoms with Gasteiger partial charge in [0.05, 0.1) is 5.69 Å². The normalized spacial score (nSPS) is 22.8. The van der Waals surface area contributed by atoms with Crippen molar-refractivity contribution in [1.29, 1.82) is 0 Å². The second-order valence-corrected chi connectivity index (χ2v) is 6.42. The van der Waals surface area contributed by atoms with Gasteiger partial charge in [-0.1, -0.05) is 40.2 Å². The first-order valence-electron chi connectivity index (χ1n) is 6.94. The van der Waals surface area contributed by atoms with Crippen molar-refractivity contribution in [1.82, 2.24) is 9.78 Å². The average Bonchev–Trinajstić information content (AvgIpc) is 2.75. The summed E-state index contributed by atoms with van der Waals surface area (Å²) in [5.41, 5.74) is 4.19. The van der Waals surface area contributed by atoms with Crippen LogP contribution < -0.4 is 0 Å². The lowest BCUT2D eigenvalue weighted by atomic mass is 9.92. The molecule has 0 saturated carbocycles. The molecule has 2 aromatic rings. The van der Waals surface area contributed by atoms with Gasteiger partial charge in [-0.2, -0.15) is 5.10 Å². The summed E-state index contributed by atoms with van der Waals surface area (Å²) < 4.78 is 1.89. The van der Waals surface area contributed by atoms with E-state index in [1.165, 1.54) is 36.1 Å². The van der Waals surface area contributed by atoms with E-state index >= 15 is 0 Å². The van der Waals surface area contributed by atoms with Crippen molar-refractivity contribution in [2.75, 3.05) is 0 Å². The van der Waals surface area contributed by atoms with Crippen LogP contribution in [0.4, 0.5) is 0 Å². The molecule has 3 heteroatoms. The highest BCUT2D eigenvalue weighted by Crippen LogP contribution is 2.40. The van der Waals surface area contributed by atoms with Gasteiger partial charge >= 0.3 is 0 Å². The minimum atomic E-state index is 0.452. The first-order valence-corrected chi connectivity index (χ1v) is 7.86. The lowest BCUT2D eigenvalue weighted by Crippen LogP contribution is -2.11. The van der Waals surface area contributed by atoms with Crippen LogP contribution in [0.5, 0.6) is 0 Å². The molecule has 1 heterocycles. The minimum absolute atomic E-state index is 0.452. The maximum Gasteiger partial charge on any atom is 0.0627 e. The Morgan fingerprint density at radius 3 is 2.95 bits per heavy atom. The van der Waals surface area contributed by atoms with Crippen LogP contribution in [0.2, 0.25) is 0 Å². The third-order valence-corrected chi connectivity index (χ3v) is 5.27. The molecule has 0 N–H and O–H groups in total. The van der Waals surface area contributed by atoms with E-state index in [1.54, 1.807) is 0 Å². The Balaban J connectivity index is 1.83. The van der Waals surface area contributed by atoms with E-state index in [9.17, 15) is 0 Å². The fraction of sp³-hybridized carbons (Fsp3) is 0.438. The molecule has 19 heavy (non-hydrogen) atoms. The van der Waals surface area contributed by atoms with Crippen LogP contribution in [0.1, 0.15) is 34.5 Å². The van der Waals surface area contributed by atoms with Gasteiger partial charge in [0.2, 0.25) is 0 Å². The number of aromatic nitrogens is 2. The average molecular weight is 319 g/mol. The van der Waals surface area contributed by atoms with Crippen LogP contribution in [0.3, 0.4) is 0 Å². The Hall–Kier alpha value is -1.09. The second-order valence-electron chi connectivity index (χ2n) is 5.44. The zero-order valence-corrected chi connectivity index (χ0v) is 12.8. The fourth-order valence-corrected chi connectivity index (χ4v) is 3.93. The number of hydrogen-bond donors (Lipinski definition) is 0. The van der Waals surface area contributed by atoms with Gasteiger partial charge in [0, 0.05) is 18.1 Å². The molecule has 2 atom stereocenters. The lowest BCUT2D eigenvalue weighted by molar-refractivity contribution is 0.467. The molecule has 0 spiro atoms. The van der Waals surface area contributed by atoms with Gasteiger partial charge in [-0.15, -0.1) is 0 Å². The molecular formula is C16H19BrN2. The van der Waals surface area contributed by atoms with E-state index < -0.39 is 0 Å². The third kappa shape index (κ3) is 2.76. The summed E-state index contributed by atoms with van der Waals surface area (Å²) in [7, 11) is 1.98. The van der Waals surface area contributed by atoms with Crippen LogP contribution >= 0.6 is 15.9 Å². The molecule has 0 radical (unpaired) electrons. The smallest absolute Gasteiger partial charge is 0.0627 e. The summed E-state index contributed by atoms with van der Waals surface area (Å²) in [6.07, 6.45) is 6.84. The van der Waals surface area contributed by atoms with Crippen molar-refractivity contribution in [3.63, 3.8) is 0 Å². The van der Waals surface area contributed by atoms with Crippen LogP contribution in [0.15, 0.2) is 36.5 Å². The Labute approximate surface area is 123 Å². The highest BCUT2D eigenvalue weighted by Gasteiger charge is 2.26. The number of benzene rings is 1. The number of alkyl halides is 1. The summed E-state index contributed by atoms with van der Waals surface area (Å²) >= 11 is 3.93. The molecule has 3 rings (SSSR count). The highest BCUT2D eigenvalue weighted by molar-refractivity contribution is 9.09. The SMILES string of the molecule is Cn1ccc(CC2CCCc3ccccc3C2Br)n1. The van der Waals surface area contributed by atoms with E-state index in [-0.39, 0.29) is 0 Å². The summed E-state index contributed by atoms with van der Waals surface area (Å²) in [6, 6.07) is 11.0. The summed E-state index contributed by atoms with van der Waals surface area (Å²) in [5, 5.41) is 4.52. The number of hydrogen-bond acceptors (Lipinski definition) is 1. The number of fused-ring (bicyclic) bond motifs is 1. The van der Waals surface area contributed by atoms with Crippen LogP contribution in [0, 0.1) is 5.92 Å². The Morgan fingerprint density at radius 1 is 1.32 bits per heavy atom. The van der Waals surface area contributed by atoms with Gasteiger partial charge in [-0.25, -0.2) is 0 Å². The first-order chi connectivity index (χ1) is 9.24. The zero-order valence-electron chi connectivity index (χ0n) is 11.2. The van der Waals surface area contributed by atoms with Gasteiger partial charge in [0.15, 0.2) is 0 Å². The molecule has 2 unspecified atom stereocenters. The van der Waals surface area contributed by atoms with Crippen molar-refractivity contribution in [3.8, 4) is 0 Å². The van der Waals surface area contributed by atoms with Crippen LogP contribution in [0.25, 0.3) is 0 Å². The summed E-state index contributed by atoms with van der Waals surface area (Å²) in [5.74, 6) is 0.638. The monoisotopic (exact) mass is 318 g/mol. The third-order valence-electron chi connectivity index (χ3n) is 4.03. The molecule has 0 saturated heterocycles. The van der Waals surface area contributed by atoms with E-state index in [4.69, 9.17) is 0 Å². The van der Waals surface area contributed by atoms with Gasteiger partial charge < -0.3 is 0 Å². The number of nitrogens with zero attached hydrogens (tertiary/aromatic N) is 2. The van der Waals surface area contributed by atoms with Gasteiger partial charge in [0.1, 0.15) is 0 Å². The molecule has 0 bridgehead atoms. The molecule has 100 valence electrons. The molecule has 1 aliphatic rings. The molecule has 0 fully saturated rings. The quantitative estimate of drug-likeness (QED) is 0.603. The Kier molecular flexibility index (Phi) is 3.74. The molecule has 1 aromatic heterocycles. The number of halogens is 1. The van der Waals surface area contributed by atoms with Crippen molar-refractivity contribution in [3.05, 3.63) is 53.3 Å². The van der Waals surface area contributed by atoms with Gasteiger partial charge in [-0.3, -0.25) is 4.68 Å². The van der Waals surface area contributed by atoms with E-state index in [0.717, 1.165) is 6.42 Å². The number of aryl methyl sites for hydroxylation is 2. The second kappa shape index (κ2) is 5.49. The maximum absolute atomic E-state index is 4.52. The highest BCUT2D eigenvalue weighted by atomic mass is 79.9. The van der Waals surface area contributed by atoms with Crippen molar-refractivity contribution >= 4 is 15.9 Å². The minimum Gasteiger partial charge on any atom is -0.276 e. The van der Waals surface area contributed by atoms with E-state index in [0.29, 0.717) is 10.7 Å². The maximum atomic E-state index is 4.52. The molecule has 2 nitrogen and oxygen atoms in total. The first kappa shape index (κ1) is 12.9. The molecule has 0 amide bonds. The number of rotatable bonds is 2. The van der Waals surface area contributed by atoms with Crippen molar-refractivity contribution in [2.45, 2.75) is 30.5 Å². The topological polar surface area (TPSA) is 17.8 Å². The standard InChI is InChI=1S/C16H19BrN2/c1-19-10-9-14(18-19)11-13-7-4-6-12-5-2-3-8-15(12)16(13)17/h2-3,5,8-10,13,16H,4,6-7,11H2,1H3. The molecular weight excluding hydrogens is 300 g/mol. The predicted molar refractivity (Wildman–Crippen MR) is 81.5 cm³/mol. The summed E-state index contributed by atoms with van der Waals surface area (Å²) in [4.78, 5) is 0.452. The van der Waals surface area contributed by atoms with E-state index in [2.05, 4.69) is 51.4 Å². The molecule has 1 aromatic carbocycles. The predicted octanol–water partition coefficient (Wildman–Crippen LogP) is 4.05. The zero-order chi connectivity index (χ0) is 13.2. The van der Waals surface area contributed by atoms with Crippen LogP contribution in [-0.4, -0.2) is 9.78 Å². The fourth-order valence-electron chi connectivity index (χ4n) is 3.03. The Morgan fingerprint density at radius 2 is 2.16 bits per heavy atom. The molecule has 0 aliphatic heterocycles. The lowest BCUT2D eigenvalue weighted by Gasteiger charge is -2.20. The van der Waals surface area contributed by atoms with E-state index in [1.807, 2.05) is 17.9 Å². The van der Waals surface area contributed by atoms with Crippen LogP contribution in [-0.2, 0) is 19.9 Å². The van der Waals surface area contributed by atoms with Gasteiger partial charge in [-0.05, 0) is 48.8 Å². The molecule has 1 aliphatic carbocycles. The largest absolute Gasteiger partial charge is 0.276 e. The Bertz CT molecular complexity index is 561. The van der Waals surface area contributed by atoms with Crippen molar-refractivity contribution in [2.24, 2.45) is 13.0 Å².